The molecule has 2 fully saturated rings. The van der Waals surface area contributed by atoms with Crippen molar-refractivity contribution in [3.8, 4) is 0 Å². The van der Waals surface area contributed by atoms with E-state index >= 15 is 0 Å². The van der Waals surface area contributed by atoms with Crippen molar-refractivity contribution in [2.75, 3.05) is 13.1 Å². The summed E-state index contributed by atoms with van der Waals surface area (Å²) in [6, 6.07) is 7.23. The Morgan fingerprint density at radius 1 is 1.07 bits per heavy atom. The number of nitrogens with zero attached hydrogens (tertiary/aromatic N) is 1. The molecule has 0 radical (unpaired) electrons. The van der Waals surface area contributed by atoms with E-state index in [-0.39, 0.29) is 36.8 Å². The molecule has 7 nitrogen and oxygen atoms in total. The van der Waals surface area contributed by atoms with Crippen LogP contribution in [0.3, 0.4) is 0 Å². The number of hydrogen-bond acceptors (Lipinski definition) is 5. The minimum atomic E-state index is -0.284. The summed E-state index contributed by atoms with van der Waals surface area (Å²) in [5.41, 5.74) is 6.99. The number of amides is 2. The second-order valence-electron chi connectivity index (χ2n) is 8.15. The van der Waals surface area contributed by atoms with Gasteiger partial charge in [-0.1, -0.05) is 49.9 Å². The van der Waals surface area contributed by atoms with E-state index in [2.05, 4.69) is 10.6 Å². The summed E-state index contributed by atoms with van der Waals surface area (Å²) in [6.07, 6.45) is 8.83. The van der Waals surface area contributed by atoms with Crippen molar-refractivity contribution in [3.05, 3.63) is 35.4 Å². The van der Waals surface area contributed by atoms with Gasteiger partial charge < -0.3 is 16.4 Å². The summed E-state index contributed by atoms with van der Waals surface area (Å²) >= 11 is 0. The molecule has 29 heavy (non-hydrogen) atoms. The normalized spacial score (nSPS) is 20.2. The first-order valence-corrected chi connectivity index (χ1v) is 10.8. The highest BCUT2D eigenvalue weighted by Crippen LogP contribution is 2.18. The zero-order chi connectivity index (χ0) is 20.6. The third kappa shape index (κ3) is 6.11. The Morgan fingerprint density at radius 2 is 1.76 bits per heavy atom. The molecule has 1 aliphatic carbocycles. The van der Waals surface area contributed by atoms with E-state index in [1.165, 1.54) is 30.6 Å². The van der Waals surface area contributed by atoms with Crippen LogP contribution in [0.2, 0.25) is 0 Å². The summed E-state index contributed by atoms with van der Waals surface area (Å²) in [5.74, 6) is -0.322. The van der Waals surface area contributed by atoms with Crippen molar-refractivity contribution in [2.24, 2.45) is 5.73 Å². The van der Waals surface area contributed by atoms with Crippen molar-refractivity contribution in [2.45, 2.75) is 70.0 Å². The van der Waals surface area contributed by atoms with Crippen molar-refractivity contribution in [3.63, 3.8) is 0 Å². The highest BCUT2D eigenvalue weighted by Gasteiger charge is 2.31. The molecule has 0 bridgehead atoms. The van der Waals surface area contributed by atoms with Crippen LogP contribution in [0, 0.1) is 5.41 Å². The number of amidine groups is 1. The van der Waals surface area contributed by atoms with Crippen molar-refractivity contribution < 1.29 is 9.59 Å². The smallest absolute Gasteiger partial charge is 0.246 e. The standard InChI is InChI=1S/C22H33N5O2/c23-21(24)17-11-9-16(10-12-17)15-27(22(29)19-8-5-13-25-19)20(28)14-26-18-6-3-1-2-4-7-18/h9-12,18-19,25-26H,1-8,13-15H2,(H3,23,24)/t19-/m0/s1. The van der Waals surface area contributed by atoms with Crippen molar-refractivity contribution in [1.29, 1.82) is 5.41 Å². The Hall–Kier alpha value is -2.25. The molecule has 1 heterocycles. The second kappa shape index (κ2) is 10.5. The van der Waals surface area contributed by atoms with E-state index in [0.717, 1.165) is 37.8 Å². The maximum atomic E-state index is 13.0. The number of benzene rings is 1. The van der Waals surface area contributed by atoms with E-state index in [4.69, 9.17) is 11.1 Å². The quantitative estimate of drug-likeness (QED) is 0.318. The molecule has 1 aliphatic heterocycles. The Kier molecular flexibility index (Phi) is 7.77. The lowest BCUT2D eigenvalue weighted by atomic mass is 10.1. The fourth-order valence-electron chi connectivity index (χ4n) is 4.16. The van der Waals surface area contributed by atoms with Gasteiger partial charge in [0.1, 0.15) is 5.84 Å². The summed E-state index contributed by atoms with van der Waals surface area (Å²) in [6.45, 7) is 1.24. The highest BCUT2D eigenvalue weighted by molar-refractivity contribution is 5.99. The summed E-state index contributed by atoms with van der Waals surface area (Å²) < 4.78 is 0. The van der Waals surface area contributed by atoms with Crippen LogP contribution in [0.1, 0.15) is 62.5 Å². The Morgan fingerprint density at radius 3 is 2.34 bits per heavy atom. The summed E-state index contributed by atoms with van der Waals surface area (Å²) in [7, 11) is 0. The Bertz CT molecular complexity index is 704. The van der Waals surface area contributed by atoms with Gasteiger partial charge in [-0.3, -0.25) is 19.9 Å². The van der Waals surface area contributed by atoms with Gasteiger partial charge >= 0.3 is 0 Å². The largest absolute Gasteiger partial charge is 0.384 e. The highest BCUT2D eigenvalue weighted by atomic mass is 16.2. The van der Waals surface area contributed by atoms with Crippen LogP contribution in [0.25, 0.3) is 0 Å². The van der Waals surface area contributed by atoms with Crippen LogP contribution in [0.5, 0.6) is 0 Å². The maximum absolute atomic E-state index is 13.0. The third-order valence-corrected chi connectivity index (χ3v) is 5.93. The molecule has 0 unspecified atom stereocenters. The molecule has 2 amide bonds. The summed E-state index contributed by atoms with van der Waals surface area (Å²) in [4.78, 5) is 27.4. The monoisotopic (exact) mass is 399 g/mol. The van der Waals surface area contributed by atoms with Gasteiger partial charge in [0, 0.05) is 11.6 Å². The molecule has 158 valence electrons. The van der Waals surface area contributed by atoms with Crippen LogP contribution in [0.4, 0.5) is 0 Å². The molecular formula is C22H33N5O2. The zero-order valence-corrected chi connectivity index (χ0v) is 17.1. The summed E-state index contributed by atoms with van der Waals surface area (Å²) in [5, 5.41) is 14.1. The molecular weight excluding hydrogens is 366 g/mol. The lowest BCUT2D eigenvalue weighted by molar-refractivity contribution is -0.146. The van der Waals surface area contributed by atoms with E-state index < -0.39 is 0 Å². The molecule has 1 aromatic carbocycles. The number of nitrogens with one attached hydrogen (secondary N) is 3. The van der Waals surface area contributed by atoms with Crippen LogP contribution >= 0.6 is 0 Å². The molecule has 1 saturated carbocycles. The SMILES string of the molecule is N=C(N)c1ccc(CN(C(=O)CNC2CCCCCC2)C(=O)[C@@H]2CCCN2)cc1. The van der Waals surface area contributed by atoms with E-state index in [9.17, 15) is 9.59 Å². The zero-order valence-electron chi connectivity index (χ0n) is 17.1. The lowest BCUT2D eigenvalue weighted by Gasteiger charge is -2.25. The van der Waals surface area contributed by atoms with Gasteiger partial charge in [-0.15, -0.1) is 0 Å². The number of imide groups is 1. The average molecular weight is 400 g/mol. The predicted octanol–water partition coefficient (Wildman–Crippen LogP) is 1.89. The fraction of sp³-hybridized carbons (Fsp3) is 0.591. The lowest BCUT2D eigenvalue weighted by Crippen LogP contribution is -2.49. The molecule has 7 heteroatoms. The fourth-order valence-corrected chi connectivity index (χ4v) is 4.16. The molecule has 2 aliphatic rings. The third-order valence-electron chi connectivity index (χ3n) is 5.93. The number of carbonyl (C=O) groups excluding carboxylic acids is 2. The van der Waals surface area contributed by atoms with Crippen LogP contribution in [-0.4, -0.2) is 47.7 Å². The molecule has 5 N–H and O–H groups in total. The molecule has 3 rings (SSSR count). The first-order chi connectivity index (χ1) is 14.0. The van der Waals surface area contributed by atoms with Crippen LogP contribution in [0.15, 0.2) is 24.3 Å². The van der Waals surface area contributed by atoms with E-state index in [0.29, 0.717) is 11.6 Å². The van der Waals surface area contributed by atoms with E-state index in [1.807, 2.05) is 12.1 Å². The van der Waals surface area contributed by atoms with E-state index in [1.54, 1.807) is 12.1 Å². The van der Waals surface area contributed by atoms with Gasteiger partial charge in [-0.25, -0.2) is 0 Å². The number of nitrogens with two attached hydrogens (primary N) is 1. The molecule has 0 aromatic heterocycles. The number of hydrogen-bond donors (Lipinski definition) is 4. The maximum Gasteiger partial charge on any atom is 0.246 e. The molecule has 1 saturated heterocycles. The van der Waals surface area contributed by atoms with Gasteiger partial charge in [-0.05, 0) is 37.8 Å². The first kappa shape index (κ1) is 21.5. The number of rotatable bonds is 7. The minimum absolute atomic E-state index is 0.00307. The minimum Gasteiger partial charge on any atom is -0.384 e. The Balaban J connectivity index is 1.66. The predicted molar refractivity (Wildman–Crippen MR) is 114 cm³/mol. The van der Waals surface area contributed by atoms with Gasteiger partial charge in [0.15, 0.2) is 0 Å². The first-order valence-electron chi connectivity index (χ1n) is 10.8. The molecule has 1 aromatic rings. The average Bonchev–Trinajstić information content (AvgIpc) is 3.14. The van der Waals surface area contributed by atoms with Crippen molar-refractivity contribution >= 4 is 17.6 Å². The van der Waals surface area contributed by atoms with Gasteiger partial charge in [0.05, 0.1) is 19.1 Å². The van der Waals surface area contributed by atoms with Crippen LogP contribution < -0.4 is 16.4 Å². The van der Waals surface area contributed by atoms with Crippen LogP contribution in [-0.2, 0) is 16.1 Å². The number of carbonyl (C=O) groups is 2. The molecule has 0 spiro atoms. The van der Waals surface area contributed by atoms with Crippen molar-refractivity contribution in [1.82, 2.24) is 15.5 Å². The topological polar surface area (TPSA) is 111 Å². The van der Waals surface area contributed by atoms with Gasteiger partial charge in [0.2, 0.25) is 11.8 Å². The second-order valence-corrected chi connectivity index (χ2v) is 8.15. The Labute approximate surface area is 172 Å². The van der Waals surface area contributed by atoms with Gasteiger partial charge in [0.25, 0.3) is 0 Å². The van der Waals surface area contributed by atoms with Gasteiger partial charge in [-0.2, -0.15) is 0 Å². The number of nitrogen functional groups attached to an aromatic ring is 1. The molecule has 1 atom stereocenters.